The van der Waals surface area contributed by atoms with Gasteiger partial charge in [0.1, 0.15) is 4.90 Å². The van der Waals surface area contributed by atoms with Crippen LogP contribution in [0.1, 0.15) is 37.6 Å². The molecule has 1 unspecified atom stereocenters. The summed E-state index contributed by atoms with van der Waals surface area (Å²) in [5.41, 5.74) is 5.52. The van der Waals surface area contributed by atoms with Crippen LogP contribution in [0.2, 0.25) is 0 Å². The molecule has 0 aliphatic heterocycles. The first kappa shape index (κ1) is 16.5. The maximum Gasteiger partial charge on any atom is 0.335 e. The van der Waals surface area contributed by atoms with Crippen LogP contribution in [0.5, 0.6) is 0 Å². The Bertz CT molecular complexity index is 596. The Balaban J connectivity index is 3.01. The van der Waals surface area contributed by atoms with Crippen LogP contribution in [0.15, 0.2) is 23.1 Å². The molecule has 4 N–H and O–H groups in total. The van der Waals surface area contributed by atoms with Gasteiger partial charge in [0.25, 0.3) is 0 Å². The van der Waals surface area contributed by atoms with Crippen molar-refractivity contribution in [2.45, 2.75) is 38.1 Å². The van der Waals surface area contributed by atoms with Gasteiger partial charge in [-0.05, 0) is 37.5 Å². The lowest BCUT2D eigenvalue weighted by Crippen LogP contribution is -2.34. The number of nitrogen functional groups attached to an aromatic ring is 1. The number of nitrogens with one attached hydrogen (secondary N) is 1. The molecule has 0 aliphatic rings. The molecule has 0 heterocycles. The molecule has 0 saturated heterocycles. The van der Waals surface area contributed by atoms with Crippen molar-refractivity contribution in [3.05, 3.63) is 23.8 Å². The normalized spacial score (nSPS) is 13.4. The lowest BCUT2D eigenvalue weighted by atomic mass is 10.1. The Hall–Kier alpha value is -1.60. The molecule has 0 spiro atoms. The van der Waals surface area contributed by atoms with Gasteiger partial charge in [0.15, 0.2) is 0 Å². The zero-order valence-electron chi connectivity index (χ0n) is 11.8. The van der Waals surface area contributed by atoms with Gasteiger partial charge in [-0.1, -0.05) is 13.8 Å². The van der Waals surface area contributed by atoms with E-state index in [1.54, 1.807) is 6.92 Å². The van der Waals surface area contributed by atoms with E-state index in [-0.39, 0.29) is 22.2 Å². The Labute approximate surface area is 119 Å². The smallest absolute Gasteiger partial charge is 0.335 e. The van der Waals surface area contributed by atoms with E-state index in [1.165, 1.54) is 12.1 Å². The number of benzene rings is 1. The summed E-state index contributed by atoms with van der Waals surface area (Å²) in [6.07, 6.45) is 0.701. The molecule has 20 heavy (non-hydrogen) atoms. The molecule has 0 bridgehead atoms. The molecule has 0 radical (unpaired) electrons. The van der Waals surface area contributed by atoms with Crippen molar-refractivity contribution < 1.29 is 18.3 Å². The summed E-state index contributed by atoms with van der Waals surface area (Å²) in [5.74, 6) is -0.791. The van der Waals surface area contributed by atoms with E-state index in [2.05, 4.69) is 4.72 Å². The minimum atomic E-state index is -3.75. The number of sulfonamides is 1. The average molecular weight is 300 g/mol. The molecule has 0 amide bonds. The van der Waals surface area contributed by atoms with Crippen molar-refractivity contribution >= 4 is 21.7 Å². The molecule has 0 aliphatic carbocycles. The van der Waals surface area contributed by atoms with Gasteiger partial charge in [0.05, 0.1) is 11.3 Å². The summed E-state index contributed by atoms with van der Waals surface area (Å²) < 4.78 is 26.9. The number of hydrogen-bond donors (Lipinski definition) is 3. The van der Waals surface area contributed by atoms with Crippen LogP contribution in [0, 0.1) is 5.92 Å². The zero-order valence-corrected chi connectivity index (χ0v) is 12.6. The SMILES string of the molecule is CC(C)CC(C)NS(=O)(=O)c1ccc(C(=O)O)cc1N. The van der Waals surface area contributed by atoms with Gasteiger partial charge < -0.3 is 10.8 Å². The van der Waals surface area contributed by atoms with Crippen LogP contribution in [0.25, 0.3) is 0 Å². The molecule has 1 aromatic carbocycles. The van der Waals surface area contributed by atoms with Crippen molar-refractivity contribution in [2.75, 3.05) is 5.73 Å². The molecule has 112 valence electrons. The third-order valence-electron chi connectivity index (χ3n) is 2.73. The van der Waals surface area contributed by atoms with Crippen LogP contribution in [0.4, 0.5) is 5.69 Å². The van der Waals surface area contributed by atoms with Gasteiger partial charge in [0, 0.05) is 6.04 Å². The molecule has 0 fully saturated rings. The quantitative estimate of drug-likeness (QED) is 0.692. The Morgan fingerprint density at radius 3 is 2.40 bits per heavy atom. The second-order valence-electron chi connectivity index (χ2n) is 5.21. The van der Waals surface area contributed by atoms with Gasteiger partial charge in [0.2, 0.25) is 10.0 Å². The number of carbonyl (C=O) groups is 1. The van der Waals surface area contributed by atoms with Gasteiger partial charge in [-0.3, -0.25) is 0 Å². The van der Waals surface area contributed by atoms with E-state index in [0.29, 0.717) is 12.3 Å². The van der Waals surface area contributed by atoms with Gasteiger partial charge in [-0.15, -0.1) is 0 Å². The highest BCUT2D eigenvalue weighted by molar-refractivity contribution is 7.89. The number of aromatic carboxylic acids is 1. The largest absolute Gasteiger partial charge is 0.478 e. The number of hydrogen-bond acceptors (Lipinski definition) is 4. The first-order valence-electron chi connectivity index (χ1n) is 6.28. The maximum atomic E-state index is 12.2. The van der Waals surface area contributed by atoms with E-state index >= 15 is 0 Å². The summed E-state index contributed by atoms with van der Waals surface area (Å²) in [5, 5.41) is 8.83. The van der Waals surface area contributed by atoms with Crippen molar-refractivity contribution in [3.63, 3.8) is 0 Å². The number of carboxylic acid groups (broad SMARTS) is 1. The van der Waals surface area contributed by atoms with Gasteiger partial charge in [-0.25, -0.2) is 17.9 Å². The lowest BCUT2D eigenvalue weighted by Gasteiger charge is -2.17. The van der Waals surface area contributed by atoms with Crippen molar-refractivity contribution in [1.82, 2.24) is 4.72 Å². The zero-order chi connectivity index (χ0) is 15.5. The van der Waals surface area contributed by atoms with Crippen molar-refractivity contribution in [2.24, 2.45) is 5.92 Å². The Morgan fingerprint density at radius 1 is 1.35 bits per heavy atom. The van der Waals surface area contributed by atoms with Gasteiger partial charge in [-0.2, -0.15) is 0 Å². The minimum Gasteiger partial charge on any atom is -0.478 e. The average Bonchev–Trinajstić information content (AvgIpc) is 2.25. The molecular formula is C13H20N2O4S. The summed E-state index contributed by atoms with van der Waals surface area (Å²) in [4.78, 5) is 10.7. The van der Waals surface area contributed by atoms with E-state index in [9.17, 15) is 13.2 Å². The Kier molecular flexibility index (Phi) is 5.13. The fourth-order valence-electron chi connectivity index (χ4n) is 2.01. The molecule has 6 nitrogen and oxygen atoms in total. The standard InChI is InChI=1S/C13H20N2O4S/c1-8(2)6-9(3)15-20(18,19)12-5-4-10(13(16)17)7-11(12)14/h4-5,7-9,15H,6,14H2,1-3H3,(H,16,17). The van der Waals surface area contributed by atoms with Crippen LogP contribution >= 0.6 is 0 Å². The van der Waals surface area contributed by atoms with E-state index < -0.39 is 16.0 Å². The van der Waals surface area contributed by atoms with E-state index in [1.807, 2.05) is 13.8 Å². The second kappa shape index (κ2) is 6.23. The van der Waals surface area contributed by atoms with Crippen LogP contribution in [-0.2, 0) is 10.0 Å². The molecule has 7 heteroatoms. The highest BCUT2D eigenvalue weighted by Gasteiger charge is 2.21. The van der Waals surface area contributed by atoms with E-state index in [4.69, 9.17) is 10.8 Å². The lowest BCUT2D eigenvalue weighted by molar-refractivity contribution is 0.0697. The molecule has 0 aromatic heterocycles. The predicted octanol–water partition coefficient (Wildman–Crippen LogP) is 1.68. The first-order chi connectivity index (χ1) is 9.13. The summed E-state index contributed by atoms with van der Waals surface area (Å²) in [7, 11) is -3.75. The fraction of sp³-hybridized carbons (Fsp3) is 0.462. The third kappa shape index (κ3) is 4.21. The second-order valence-corrected chi connectivity index (χ2v) is 6.89. The number of nitrogens with two attached hydrogens (primary N) is 1. The molecular weight excluding hydrogens is 280 g/mol. The minimum absolute atomic E-state index is 0.0447. The third-order valence-corrected chi connectivity index (χ3v) is 4.39. The molecule has 1 rings (SSSR count). The van der Waals surface area contributed by atoms with Crippen LogP contribution in [-0.4, -0.2) is 25.5 Å². The predicted molar refractivity (Wildman–Crippen MR) is 77.1 cm³/mol. The van der Waals surface area contributed by atoms with E-state index in [0.717, 1.165) is 6.07 Å². The maximum absolute atomic E-state index is 12.2. The molecule has 1 atom stereocenters. The fourth-order valence-corrected chi connectivity index (χ4v) is 3.38. The van der Waals surface area contributed by atoms with Crippen molar-refractivity contribution in [1.29, 1.82) is 0 Å². The highest BCUT2D eigenvalue weighted by atomic mass is 32.2. The van der Waals surface area contributed by atoms with Gasteiger partial charge >= 0.3 is 5.97 Å². The Morgan fingerprint density at radius 2 is 1.95 bits per heavy atom. The van der Waals surface area contributed by atoms with Crippen LogP contribution < -0.4 is 10.5 Å². The number of anilines is 1. The highest BCUT2D eigenvalue weighted by Crippen LogP contribution is 2.20. The number of rotatable bonds is 6. The first-order valence-corrected chi connectivity index (χ1v) is 7.77. The summed E-state index contributed by atoms with van der Waals surface area (Å²) in [6.45, 7) is 5.78. The summed E-state index contributed by atoms with van der Waals surface area (Å²) >= 11 is 0. The van der Waals surface area contributed by atoms with Crippen molar-refractivity contribution in [3.8, 4) is 0 Å². The van der Waals surface area contributed by atoms with Crippen LogP contribution in [0.3, 0.4) is 0 Å². The number of carboxylic acids is 1. The topological polar surface area (TPSA) is 109 Å². The summed E-state index contributed by atoms with van der Waals surface area (Å²) in [6, 6.07) is 3.35. The molecule has 0 saturated carbocycles. The monoisotopic (exact) mass is 300 g/mol. The molecule has 1 aromatic rings.